The highest BCUT2D eigenvalue weighted by Crippen LogP contribution is 2.31. The van der Waals surface area contributed by atoms with E-state index in [1.54, 1.807) is 0 Å². The minimum Gasteiger partial charge on any atom is -0.369 e. The van der Waals surface area contributed by atoms with Crippen LogP contribution in [0.2, 0.25) is 0 Å². The van der Waals surface area contributed by atoms with Gasteiger partial charge in [-0.15, -0.1) is 42.3 Å². The number of nitrogens with zero attached hydrogens (tertiary/aromatic N) is 7. The van der Waals surface area contributed by atoms with Crippen molar-refractivity contribution in [2.24, 2.45) is 0 Å². The minimum absolute atomic E-state index is 0. The van der Waals surface area contributed by atoms with Crippen molar-refractivity contribution in [2.45, 2.75) is 57.5 Å². The van der Waals surface area contributed by atoms with Crippen molar-refractivity contribution >= 4 is 54.5 Å². The van der Waals surface area contributed by atoms with Crippen molar-refractivity contribution in [3.05, 3.63) is 47.9 Å². The summed E-state index contributed by atoms with van der Waals surface area (Å²) in [5.41, 5.74) is 2.43. The smallest absolute Gasteiger partial charge is 0.254 e. The van der Waals surface area contributed by atoms with Gasteiger partial charge in [0.25, 0.3) is 5.78 Å². The fourth-order valence-corrected chi connectivity index (χ4v) is 5.93. The monoisotopic (exact) mass is 582 g/mol. The normalized spacial score (nSPS) is 20.9. The molecular formula is C27H41Cl3N8. The van der Waals surface area contributed by atoms with Gasteiger partial charge < -0.3 is 15.1 Å². The molecule has 2 saturated heterocycles. The highest BCUT2D eigenvalue weighted by atomic mass is 35.5. The van der Waals surface area contributed by atoms with E-state index in [2.05, 4.69) is 63.3 Å². The molecule has 0 amide bonds. The zero-order valence-electron chi connectivity index (χ0n) is 22.2. The lowest BCUT2D eigenvalue weighted by Gasteiger charge is -2.36. The van der Waals surface area contributed by atoms with Gasteiger partial charge in [0.1, 0.15) is 5.82 Å². The molecule has 1 saturated carbocycles. The number of hydrogen-bond acceptors (Lipinski definition) is 7. The van der Waals surface area contributed by atoms with Gasteiger partial charge in [0.2, 0.25) is 0 Å². The van der Waals surface area contributed by atoms with Crippen LogP contribution in [0.5, 0.6) is 0 Å². The average molecular weight is 584 g/mol. The van der Waals surface area contributed by atoms with Crippen LogP contribution in [0, 0.1) is 0 Å². The third kappa shape index (κ3) is 6.83. The first-order valence-electron chi connectivity index (χ1n) is 13.5. The molecule has 1 aromatic carbocycles. The number of rotatable bonds is 5. The van der Waals surface area contributed by atoms with Crippen molar-refractivity contribution in [1.82, 2.24) is 29.8 Å². The van der Waals surface area contributed by atoms with Crippen LogP contribution in [-0.4, -0.2) is 76.3 Å². The molecular weight excluding hydrogens is 543 g/mol. The maximum atomic E-state index is 5.03. The van der Waals surface area contributed by atoms with Gasteiger partial charge in [-0.05, 0) is 31.9 Å². The van der Waals surface area contributed by atoms with E-state index < -0.39 is 0 Å². The van der Waals surface area contributed by atoms with Gasteiger partial charge in [-0.25, -0.2) is 4.98 Å². The lowest BCUT2D eigenvalue weighted by molar-refractivity contribution is 0.247. The number of para-hydroxylation sites is 1. The molecule has 2 aromatic heterocycles. The van der Waals surface area contributed by atoms with E-state index >= 15 is 0 Å². The van der Waals surface area contributed by atoms with Gasteiger partial charge in [0, 0.05) is 76.1 Å². The molecule has 6 rings (SSSR count). The molecule has 3 aliphatic rings. The summed E-state index contributed by atoms with van der Waals surface area (Å²) in [5.74, 6) is 3.40. The van der Waals surface area contributed by atoms with Gasteiger partial charge in [-0.1, -0.05) is 37.5 Å². The fourth-order valence-electron chi connectivity index (χ4n) is 5.93. The van der Waals surface area contributed by atoms with E-state index in [0.717, 1.165) is 75.5 Å². The number of halogens is 3. The lowest BCUT2D eigenvalue weighted by atomic mass is 9.89. The topological polar surface area (TPSA) is 64.8 Å². The molecule has 1 N–H and O–H groups in total. The van der Waals surface area contributed by atoms with E-state index in [0.29, 0.717) is 12.0 Å². The molecule has 11 heteroatoms. The maximum absolute atomic E-state index is 5.03. The Morgan fingerprint density at radius 2 is 1.61 bits per heavy atom. The average Bonchev–Trinajstić information content (AvgIpc) is 3.34. The highest BCUT2D eigenvalue weighted by molar-refractivity contribution is 5.86. The predicted octanol–water partition coefficient (Wildman–Crippen LogP) is 4.56. The third-order valence-corrected chi connectivity index (χ3v) is 7.91. The van der Waals surface area contributed by atoms with Crippen LogP contribution in [0.25, 0.3) is 5.78 Å². The Bertz CT molecular complexity index is 1130. The fraction of sp³-hybridized carbons (Fsp3) is 0.593. The number of hydrogen-bond donors (Lipinski definition) is 1. The second kappa shape index (κ2) is 14.0. The zero-order chi connectivity index (χ0) is 23.6. The van der Waals surface area contributed by atoms with E-state index in [4.69, 9.17) is 15.1 Å². The SMILES string of the molecule is CC1CN(c2cc(CN3CCN(c4ccccc4)CC3)nc3nc(C4CCCCC4)nn23)CCN1.Cl.Cl.Cl. The summed E-state index contributed by atoms with van der Waals surface area (Å²) < 4.78 is 2.03. The largest absolute Gasteiger partial charge is 0.369 e. The maximum Gasteiger partial charge on any atom is 0.254 e. The summed E-state index contributed by atoms with van der Waals surface area (Å²) in [6, 6.07) is 13.5. The molecule has 0 spiro atoms. The van der Waals surface area contributed by atoms with Crippen LogP contribution in [-0.2, 0) is 6.54 Å². The lowest BCUT2D eigenvalue weighted by Crippen LogP contribution is -2.50. The molecule has 4 heterocycles. The van der Waals surface area contributed by atoms with Crippen LogP contribution in [0.15, 0.2) is 36.4 Å². The quantitative estimate of drug-likeness (QED) is 0.473. The molecule has 1 aliphatic carbocycles. The second-order valence-corrected chi connectivity index (χ2v) is 10.5. The van der Waals surface area contributed by atoms with Crippen molar-refractivity contribution in [2.75, 3.05) is 55.6 Å². The first kappa shape index (κ1) is 30.7. The molecule has 3 fully saturated rings. The summed E-state index contributed by atoms with van der Waals surface area (Å²) in [4.78, 5) is 17.5. The molecule has 8 nitrogen and oxygen atoms in total. The van der Waals surface area contributed by atoms with Gasteiger partial charge >= 0.3 is 0 Å². The van der Waals surface area contributed by atoms with E-state index in [-0.39, 0.29) is 37.2 Å². The summed E-state index contributed by atoms with van der Waals surface area (Å²) in [5, 5.41) is 8.60. The predicted molar refractivity (Wildman–Crippen MR) is 162 cm³/mol. The molecule has 1 atom stereocenters. The second-order valence-electron chi connectivity index (χ2n) is 10.5. The van der Waals surface area contributed by atoms with E-state index in [1.165, 1.54) is 37.8 Å². The van der Waals surface area contributed by atoms with Crippen LogP contribution in [0.1, 0.15) is 56.5 Å². The number of anilines is 2. The van der Waals surface area contributed by atoms with Gasteiger partial charge in [-0.3, -0.25) is 4.90 Å². The Labute approximate surface area is 244 Å². The Morgan fingerprint density at radius 3 is 2.32 bits per heavy atom. The molecule has 3 aromatic rings. The first-order chi connectivity index (χ1) is 17.2. The van der Waals surface area contributed by atoms with E-state index in [9.17, 15) is 0 Å². The van der Waals surface area contributed by atoms with Gasteiger partial charge in [0.05, 0.1) is 5.69 Å². The molecule has 0 radical (unpaired) electrons. The highest BCUT2D eigenvalue weighted by Gasteiger charge is 2.25. The molecule has 1 unspecified atom stereocenters. The number of piperazine rings is 2. The van der Waals surface area contributed by atoms with Crippen LogP contribution in [0.3, 0.4) is 0 Å². The van der Waals surface area contributed by atoms with Gasteiger partial charge in [0.15, 0.2) is 5.82 Å². The van der Waals surface area contributed by atoms with Crippen LogP contribution < -0.4 is 15.1 Å². The number of benzene rings is 1. The Balaban J connectivity index is 0.00000133. The Kier molecular flexibility index (Phi) is 11.3. The molecule has 2 aliphatic heterocycles. The molecule has 0 bridgehead atoms. The Morgan fingerprint density at radius 1 is 0.868 bits per heavy atom. The molecule has 38 heavy (non-hydrogen) atoms. The number of aromatic nitrogens is 4. The van der Waals surface area contributed by atoms with Crippen molar-refractivity contribution in [3.63, 3.8) is 0 Å². The van der Waals surface area contributed by atoms with Crippen molar-refractivity contribution in [1.29, 1.82) is 0 Å². The summed E-state index contributed by atoms with van der Waals surface area (Å²) in [6.07, 6.45) is 6.32. The van der Waals surface area contributed by atoms with Crippen LogP contribution in [0.4, 0.5) is 11.5 Å². The number of nitrogens with one attached hydrogen (secondary N) is 1. The summed E-state index contributed by atoms with van der Waals surface area (Å²) in [7, 11) is 0. The summed E-state index contributed by atoms with van der Waals surface area (Å²) in [6.45, 7) is 10.3. The minimum atomic E-state index is 0. The standard InChI is InChI=1S/C27H38N8.3ClH/c1-21-19-34(13-12-28-21)25-18-23(20-32-14-16-33(17-15-32)24-10-6-3-7-11-24)29-27-30-26(31-35(25)27)22-8-4-2-5-9-22;;;/h3,6-7,10-11,18,21-22,28H,2,4-5,8-9,12-17,19-20H2,1H3;3*1H. The molecule has 210 valence electrons. The van der Waals surface area contributed by atoms with E-state index in [1.807, 2.05) is 4.52 Å². The first-order valence-corrected chi connectivity index (χ1v) is 13.5. The van der Waals surface area contributed by atoms with Crippen molar-refractivity contribution in [3.8, 4) is 0 Å². The Hall–Kier alpha value is -1.84. The third-order valence-electron chi connectivity index (χ3n) is 7.91. The van der Waals surface area contributed by atoms with Crippen molar-refractivity contribution < 1.29 is 0 Å². The zero-order valence-corrected chi connectivity index (χ0v) is 24.6. The summed E-state index contributed by atoms with van der Waals surface area (Å²) >= 11 is 0. The number of fused-ring (bicyclic) bond motifs is 1. The van der Waals surface area contributed by atoms with Crippen LogP contribution >= 0.6 is 37.2 Å². The van der Waals surface area contributed by atoms with Gasteiger partial charge in [-0.2, -0.15) is 9.50 Å².